The van der Waals surface area contributed by atoms with Gasteiger partial charge in [-0.2, -0.15) is 0 Å². The van der Waals surface area contributed by atoms with Gasteiger partial charge >= 0.3 is 218 Å². The molecule has 0 heterocycles. The normalized spacial score (nSPS) is 14.6. The Morgan fingerprint density at radius 1 is 0.750 bits per heavy atom. The Kier molecular flexibility index (Phi) is 10.4. The summed E-state index contributed by atoms with van der Waals surface area (Å²) in [4.78, 5) is 0. The Morgan fingerprint density at radius 2 is 1.19 bits per heavy atom. The third-order valence-corrected chi connectivity index (χ3v) is 33.1. The Balaban J connectivity index is 0.00000228. The van der Waals surface area contributed by atoms with E-state index in [1.807, 2.05) is 3.28 Å². The zero-order valence-corrected chi connectivity index (χ0v) is 28.9. The number of hydrogen-bond acceptors (Lipinski definition) is 0. The second kappa shape index (κ2) is 11.8. The van der Waals surface area contributed by atoms with Crippen molar-refractivity contribution < 1.29 is 45.2 Å². The van der Waals surface area contributed by atoms with Crippen molar-refractivity contribution in [3.8, 4) is 11.1 Å². The molecule has 0 bridgehead atoms. The van der Waals surface area contributed by atoms with Gasteiger partial charge in [0.05, 0.1) is 0 Å². The second-order valence-electron chi connectivity index (χ2n) is 13.0. The summed E-state index contributed by atoms with van der Waals surface area (Å²) in [6.07, 6.45) is 8.51. The van der Waals surface area contributed by atoms with Crippen LogP contribution in [-0.2, 0) is 31.2 Å². The molecule has 0 spiro atoms. The first-order valence-corrected chi connectivity index (χ1v) is 21.2. The van der Waals surface area contributed by atoms with Gasteiger partial charge in [0.2, 0.25) is 0 Å². The molecule has 0 saturated heterocycles. The van der Waals surface area contributed by atoms with Crippen LogP contribution in [0.4, 0.5) is 0 Å². The minimum absolute atomic E-state index is 0. The fraction of sp³-hybridized carbons (Fsp3) is 0.500. The first-order valence-electron chi connectivity index (χ1n) is 13.2. The van der Waals surface area contributed by atoms with Crippen LogP contribution in [0.2, 0.25) is 11.1 Å². The van der Waals surface area contributed by atoms with Crippen LogP contribution in [0.3, 0.4) is 0 Å². The summed E-state index contributed by atoms with van der Waals surface area (Å²) in [6, 6.07) is 15.1. The zero-order chi connectivity index (χ0) is 25.0. The Bertz CT molecular complexity index is 1130. The van der Waals surface area contributed by atoms with Gasteiger partial charge in [-0.15, -0.1) is 0 Å². The van der Waals surface area contributed by atoms with E-state index < -0.39 is 25.8 Å². The maximum atomic E-state index is 2.56. The SMILES string of the molecule is CC(C)[Si](C(C)C)=[Zr+2]([C]1=CC=CC1)[CH]1c2ccc(C(C)(C)C)cc2-c2cc(C(C)(C)C)ccc21.[Cl-].[Cl-]. The van der Waals surface area contributed by atoms with Crippen LogP contribution in [0.15, 0.2) is 57.9 Å². The Hall–Kier alpha value is -0.400. The molecule has 0 amide bonds. The van der Waals surface area contributed by atoms with Crippen molar-refractivity contribution in [3.63, 3.8) is 0 Å². The van der Waals surface area contributed by atoms with Crippen molar-refractivity contribution in [1.29, 1.82) is 0 Å². The van der Waals surface area contributed by atoms with Crippen molar-refractivity contribution in [2.45, 2.75) is 101 Å². The summed E-state index contributed by atoms with van der Waals surface area (Å²) in [5, 5.41) is 0. The van der Waals surface area contributed by atoms with Gasteiger partial charge in [0.1, 0.15) is 0 Å². The van der Waals surface area contributed by atoms with Crippen LogP contribution in [0.25, 0.3) is 11.1 Å². The molecule has 2 aliphatic carbocycles. The maximum absolute atomic E-state index is 2.56. The molecule has 4 heteroatoms. The van der Waals surface area contributed by atoms with E-state index in [9.17, 15) is 0 Å². The molecule has 2 aromatic rings. The summed E-state index contributed by atoms with van der Waals surface area (Å²) in [5.74, 6) is 0. The molecule has 0 aromatic heterocycles. The average molecular weight is 619 g/mol. The molecule has 0 unspecified atom stereocenters. The monoisotopic (exact) mass is 616 g/mol. The second-order valence-corrected chi connectivity index (χ2v) is 28.7. The number of rotatable bonds is 4. The van der Waals surface area contributed by atoms with Crippen molar-refractivity contribution >= 4 is 5.43 Å². The number of fused-ring (bicyclic) bond motifs is 3. The van der Waals surface area contributed by atoms with Gasteiger partial charge in [-0.3, -0.25) is 0 Å². The van der Waals surface area contributed by atoms with Gasteiger partial charge in [0, 0.05) is 0 Å². The van der Waals surface area contributed by atoms with E-state index in [0.717, 1.165) is 11.1 Å². The van der Waals surface area contributed by atoms with Crippen LogP contribution in [0.5, 0.6) is 0 Å². The largest absolute Gasteiger partial charge is 1.00 e. The Morgan fingerprint density at radius 3 is 1.53 bits per heavy atom. The number of hydrogen-bond donors (Lipinski definition) is 0. The molecule has 36 heavy (non-hydrogen) atoms. The molecule has 0 radical (unpaired) electrons. The summed E-state index contributed by atoms with van der Waals surface area (Å²) in [7, 11) is 0. The molecule has 2 aliphatic rings. The van der Waals surface area contributed by atoms with Gasteiger partial charge < -0.3 is 24.8 Å². The summed E-state index contributed by atoms with van der Waals surface area (Å²) < 4.78 is 2.53. The van der Waals surface area contributed by atoms with Gasteiger partial charge in [-0.05, 0) is 0 Å². The number of allylic oxidation sites excluding steroid dienone is 4. The van der Waals surface area contributed by atoms with E-state index in [2.05, 4.69) is 124 Å². The minimum atomic E-state index is -2.04. The molecule has 0 saturated carbocycles. The van der Waals surface area contributed by atoms with Crippen LogP contribution in [-0.4, -0.2) is 5.43 Å². The zero-order valence-electron chi connectivity index (χ0n) is 23.9. The van der Waals surface area contributed by atoms with E-state index in [0.29, 0.717) is 3.63 Å². The standard InChI is InChI=1S/C21H25.C6H14Si.C5H5.2ClH.Zr/c1-20(2,3)16-9-7-14-11-15-8-10-17(21(4,5)6)13-19(15)18(14)12-16;1-5(2)7-6(3)4;1-2-4-5-3-1;;;/h7-13H,1-6H3;5-6H,1-4H3;1-3H,4H2;2*1H;/q;;;;;+2/p-2. The van der Waals surface area contributed by atoms with Gasteiger partial charge in [-0.1, -0.05) is 0 Å². The van der Waals surface area contributed by atoms with Crippen LogP contribution >= 0.6 is 0 Å². The maximum Gasteiger partial charge on any atom is -1.00 e. The van der Waals surface area contributed by atoms with Crippen molar-refractivity contribution in [2.24, 2.45) is 0 Å². The third-order valence-electron chi connectivity index (χ3n) is 7.71. The molecule has 0 nitrogen and oxygen atoms in total. The minimum Gasteiger partial charge on any atom is -1.00 e. The predicted molar refractivity (Wildman–Crippen MR) is 149 cm³/mol. The van der Waals surface area contributed by atoms with Crippen LogP contribution < -0.4 is 24.8 Å². The topological polar surface area (TPSA) is 0 Å². The molecular weight excluding hydrogens is 575 g/mol. The van der Waals surface area contributed by atoms with Crippen LogP contribution in [0, 0.1) is 0 Å². The first kappa shape index (κ1) is 31.8. The van der Waals surface area contributed by atoms with E-state index >= 15 is 0 Å². The van der Waals surface area contributed by atoms with E-state index in [1.54, 1.807) is 11.1 Å². The fourth-order valence-electron chi connectivity index (χ4n) is 5.97. The third kappa shape index (κ3) is 6.09. The quantitative estimate of drug-likeness (QED) is 0.460. The molecule has 0 N–H and O–H groups in total. The van der Waals surface area contributed by atoms with Gasteiger partial charge in [0.25, 0.3) is 0 Å². The van der Waals surface area contributed by atoms with Gasteiger partial charge in [0.15, 0.2) is 0 Å². The predicted octanol–water partition coefficient (Wildman–Crippen LogP) is 3.63. The molecular formula is C32H44Cl2SiZr. The molecule has 194 valence electrons. The summed E-state index contributed by atoms with van der Waals surface area (Å²) >= 11 is -2.04. The smallest absolute Gasteiger partial charge is 1.00 e. The molecule has 4 rings (SSSR count). The van der Waals surface area contributed by atoms with E-state index in [-0.39, 0.29) is 35.6 Å². The average Bonchev–Trinajstić information content (AvgIpc) is 3.36. The fourth-order valence-corrected chi connectivity index (χ4v) is 31.7. The van der Waals surface area contributed by atoms with Crippen molar-refractivity contribution in [1.82, 2.24) is 0 Å². The molecule has 0 aliphatic heterocycles. The summed E-state index contributed by atoms with van der Waals surface area (Å²) in [5.41, 5.74) is 10.8. The summed E-state index contributed by atoms with van der Waals surface area (Å²) in [6.45, 7) is 24.2. The molecule has 0 atom stereocenters. The van der Waals surface area contributed by atoms with E-state index in [1.165, 1.54) is 28.7 Å². The number of benzene rings is 2. The van der Waals surface area contributed by atoms with Crippen molar-refractivity contribution in [3.05, 3.63) is 80.2 Å². The van der Waals surface area contributed by atoms with Crippen LogP contribution in [0.1, 0.15) is 102 Å². The van der Waals surface area contributed by atoms with E-state index in [4.69, 9.17) is 0 Å². The molecule has 0 fully saturated rings. The van der Waals surface area contributed by atoms with Crippen molar-refractivity contribution in [2.75, 3.05) is 0 Å². The van der Waals surface area contributed by atoms with Gasteiger partial charge in [-0.25, -0.2) is 0 Å². The number of halogens is 2. The first-order chi connectivity index (χ1) is 15.8. The molecule has 2 aromatic carbocycles. The Labute approximate surface area is 241 Å².